The first-order chi connectivity index (χ1) is 8.66. The van der Waals surface area contributed by atoms with E-state index in [9.17, 15) is 4.79 Å². The molecule has 1 aliphatic heterocycles. The van der Waals surface area contributed by atoms with Crippen LogP contribution < -0.4 is 10.6 Å². The Labute approximate surface area is 112 Å². The Morgan fingerprint density at radius 2 is 2.44 bits per heavy atom. The lowest BCUT2D eigenvalue weighted by Gasteiger charge is -2.35. The fourth-order valence-corrected chi connectivity index (χ4v) is 3.12. The Balaban J connectivity index is 2.08. The van der Waals surface area contributed by atoms with Gasteiger partial charge in [0.05, 0.1) is 5.41 Å². The molecule has 0 bridgehead atoms. The normalized spacial score (nSPS) is 23.9. The van der Waals surface area contributed by atoms with E-state index in [1.165, 1.54) is 11.5 Å². The minimum absolute atomic E-state index is 0.0905. The van der Waals surface area contributed by atoms with E-state index < -0.39 is 0 Å². The molecule has 1 atom stereocenters. The van der Waals surface area contributed by atoms with Gasteiger partial charge in [0.1, 0.15) is 5.82 Å². The molecule has 1 amide bonds. The standard InChI is InChI=1S/C12H20N4OS/c1-3-5-12(6-4-7-13-8-12)10(17)15-11-14-9(2)16-18-11/h13H,3-8H2,1-2H3,(H,14,15,16,17). The summed E-state index contributed by atoms with van der Waals surface area (Å²) < 4.78 is 4.08. The van der Waals surface area contributed by atoms with Crippen molar-refractivity contribution >= 4 is 22.6 Å². The number of nitrogens with one attached hydrogen (secondary N) is 2. The number of amides is 1. The van der Waals surface area contributed by atoms with Crippen molar-refractivity contribution in [3.05, 3.63) is 5.82 Å². The molecule has 6 heteroatoms. The van der Waals surface area contributed by atoms with Crippen LogP contribution in [0.4, 0.5) is 5.13 Å². The van der Waals surface area contributed by atoms with Gasteiger partial charge in [-0.15, -0.1) is 0 Å². The van der Waals surface area contributed by atoms with E-state index in [-0.39, 0.29) is 11.3 Å². The number of hydrogen-bond donors (Lipinski definition) is 2. The van der Waals surface area contributed by atoms with Gasteiger partial charge in [0.25, 0.3) is 0 Å². The SMILES string of the molecule is CCCC1(C(=O)Nc2nc(C)ns2)CCCNC1. The molecular formula is C12H20N4OS. The van der Waals surface area contributed by atoms with Gasteiger partial charge in [-0.2, -0.15) is 4.37 Å². The van der Waals surface area contributed by atoms with Gasteiger partial charge in [-0.25, -0.2) is 4.98 Å². The molecule has 5 nitrogen and oxygen atoms in total. The average Bonchev–Trinajstić information content (AvgIpc) is 2.76. The van der Waals surface area contributed by atoms with E-state index in [4.69, 9.17) is 0 Å². The number of aryl methyl sites for hydroxylation is 1. The summed E-state index contributed by atoms with van der Waals surface area (Å²) in [5.41, 5.74) is -0.271. The Bertz CT molecular complexity index is 406. The van der Waals surface area contributed by atoms with Gasteiger partial charge in [0.15, 0.2) is 0 Å². The summed E-state index contributed by atoms with van der Waals surface area (Å²) >= 11 is 1.25. The molecule has 1 fully saturated rings. The Morgan fingerprint density at radius 3 is 3.00 bits per heavy atom. The Morgan fingerprint density at radius 1 is 1.61 bits per heavy atom. The molecule has 2 N–H and O–H groups in total. The second kappa shape index (κ2) is 5.75. The molecule has 2 heterocycles. The Hall–Kier alpha value is -1.01. The highest BCUT2D eigenvalue weighted by Gasteiger charge is 2.38. The summed E-state index contributed by atoms with van der Waals surface area (Å²) in [5.74, 6) is 0.800. The van der Waals surface area contributed by atoms with E-state index in [1.807, 2.05) is 6.92 Å². The lowest BCUT2D eigenvalue weighted by atomic mass is 9.76. The number of piperidine rings is 1. The number of aromatic nitrogens is 2. The molecule has 0 aromatic carbocycles. The van der Waals surface area contributed by atoms with Crippen LogP contribution in [0, 0.1) is 12.3 Å². The molecule has 18 heavy (non-hydrogen) atoms. The highest BCUT2D eigenvalue weighted by molar-refractivity contribution is 7.09. The number of hydrogen-bond acceptors (Lipinski definition) is 5. The zero-order valence-corrected chi connectivity index (χ0v) is 11.8. The largest absolute Gasteiger partial charge is 0.316 e. The molecule has 2 rings (SSSR count). The maximum Gasteiger partial charge on any atom is 0.233 e. The highest BCUT2D eigenvalue weighted by Crippen LogP contribution is 2.33. The predicted octanol–water partition coefficient (Wildman–Crippen LogP) is 1.95. The van der Waals surface area contributed by atoms with E-state index in [0.717, 1.165) is 38.8 Å². The van der Waals surface area contributed by atoms with Crippen LogP contribution in [-0.2, 0) is 4.79 Å². The summed E-state index contributed by atoms with van der Waals surface area (Å²) in [6.45, 7) is 5.73. The van der Waals surface area contributed by atoms with Crippen molar-refractivity contribution in [3.63, 3.8) is 0 Å². The first kappa shape index (κ1) is 13.4. The van der Waals surface area contributed by atoms with Crippen molar-refractivity contribution in [2.75, 3.05) is 18.4 Å². The fraction of sp³-hybridized carbons (Fsp3) is 0.750. The van der Waals surface area contributed by atoms with Gasteiger partial charge in [0, 0.05) is 18.1 Å². The Kier molecular flexibility index (Phi) is 4.29. The first-order valence-electron chi connectivity index (χ1n) is 6.49. The maximum atomic E-state index is 12.5. The lowest BCUT2D eigenvalue weighted by molar-refractivity contribution is -0.127. The van der Waals surface area contributed by atoms with Gasteiger partial charge in [-0.3, -0.25) is 4.79 Å². The molecule has 1 aliphatic rings. The summed E-state index contributed by atoms with van der Waals surface area (Å²) in [6.07, 6.45) is 3.95. The molecular weight excluding hydrogens is 248 g/mol. The minimum Gasteiger partial charge on any atom is -0.316 e. The second-order valence-corrected chi connectivity index (χ2v) is 5.66. The van der Waals surface area contributed by atoms with Crippen LogP contribution in [0.1, 0.15) is 38.4 Å². The van der Waals surface area contributed by atoms with Crippen LogP contribution in [-0.4, -0.2) is 28.4 Å². The number of carbonyl (C=O) groups excluding carboxylic acids is 1. The minimum atomic E-state index is -0.271. The quantitative estimate of drug-likeness (QED) is 0.876. The predicted molar refractivity (Wildman–Crippen MR) is 72.7 cm³/mol. The van der Waals surface area contributed by atoms with Gasteiger partial charge in [0.2, 0.25) is 11.0 Å². The average molecular weight is 268 g/mol. The van der Waals surface area contributed by atoms with Crippen molar-refractivity contribution in [1.29, 1.82) is 0 Å². The molecule has 0 saturated carbocycles. The summed E-state index contributed by atoms with van der Waals surface area (Å²) in [7, 11) is 0. The topological polar surface area (TPSA) is 66.9 Å². The van der Waals surface area contributed by atoms with Crippen LogP contribution in [0.15, 0.2) is 0 Å². The maximum absolute atomic E-state index is 12.5. The number of rotatable bonds is 4. The number of nitrogens with zero attached hydrogens (tertiary/aromatic N) is 2. The summed E-state index contributed by atoms with van der Waals surface area (Å²) in [4.78, 5) is 16.7. The van der Waals surface area contributed by atoms with Crippen LogP contribution in [0.3, 0.4) is 0 Å². The molecule has 0 aliphatic carbocycles. The van der Waals surface area contributed by atoms with Gasteiger partial charge in [-0.1, -0.05) is 13.3 Å². The summed E-state index contributed by atoms with van der Waals surface area (Å²) in [6, 6.07) is 0. The molecule has 0 spiro atoms. The molecule has 1 saturated heterocycles. The lowest BCUT2D eigenvalue weighted by Crippen LogP contribution is -2.48. The highest BCUT2D eigenvalue weighted by atomic mass is 32.1. The van der Waals surface area contributed by atoms with Crippen LogP contribution >= 0.6 is 11.5 Å². The second-order valence-electron chi connectivity index (χ2n) is 4.91. The fourth-order valence-electron chi connectivity index (χ4n) is 2.54. The third-order valence-electron chi connectivity index (χ3n) is 3.43. The van der Waals surface area contributed by atoms with Gasteiger partial charge >= 0.3 is 0 Å². The molecule has 1 aromatic rings. The van der Waals surface area contributed by atoms with E-state index in [2.05, 4.69) is 26.9 Å². The van der Waals surface area contributed by atoms with Crippen molar-refractivity contribution in [1.82, 2.24) is 14.7 Å². The number of anilines is 1. The number of carbonyl (C=O) groups is 1. The monoisotopic (exact) mass is 268 g/mol. The van der Waals surface area contributed by atoms with E-state index >= 15 is 0 Å². The molecule has 0 radical (unpaired) electrons. The van der Waals surface area contributed by atoms with Crippen LogP contribution in [0.25, 0.3) is 0 Å². The molecule has 1 unspecified atom stereocenters. The van der Waals surface area contributed by atoms with Crippen molar-refractivity contribution in [2.45, 2.75) is 39.5 Å². The van der Waals surface area contributed by atoms with E-state index in [1.54, 1.807) is 0 Å². The zero-order valence-electron chi connectivity index (χ0n) is 11.0. The van der Waals surface area contributed by atoms with Gasteiger partial charge < -0.3 is 10.6 Å². The molecule has 1 aromatic heterocycles. The van der Waals surface area contributed by atoms with E-state index in [0.29, 0.717) is 11.0 Å². The third kappa shape index (κ3) is 2.87. The van der Waals surface area contributed by atoms with Crippen LogP contribution in [0.2, 0.25) is 0 Å². The zero-order chi connectivity index (χ0) is 13.0. The summed E-state index contributed by atoms with van der Waals surface area (Å²) in [5, 5.41) is 6.87. The van der Waals surface area contributed by atoms with Crippen LogP contribution in [0.5, 0.6) is 0 Å². The van der Waals surface area contributed by atoms with Crippen molar-refractivity contribution < 1.29 is 4.79 Å². The third-order valence-corrected chi connectivity index (χ3v) is 4.15. The van der Waals surface area contributed by atoms with Crippen molar-refractivity contribution in [2.24, 2.45) is 5.41 Å². The smallest absolute Gasteiger partial charge is 0.233 e. The van der Waals surface area contributed by atoms with Crippen molar-refractivity contribution in [3.8, 4) is 0 Å². The first-order valence-corrected chi connectivity index (χ1v) is 7.26. The van der Waals surface area contributed by atoms with Gasteiger partial charge in [-0.05, 0) is 32.7 Å². The molecule has 100 valence electrons.